The smallest absolute Gasteiger partial charge is 0.121 e. The minimum absolute atomic E-state index is 0.225. The van der Waals surface area contributed by atoms with Gasteiger partial charge in [0.05, 0.1) is 5.60 Å². The van der Waals surface area contributed by atoms with Gasteiger partial charge >= 0.3 is 0 Å². The molecule has 4 N–H and O–H groups in total. The highest BCUT2D eigenvalue weighted by Gasteiger charge is 2.34. The fourth-order valence-corrected chi connectivity index (χ4v) is 3.29. The molecule has 1 atom stereocenters. The number of aliphatic hydroxyl groups excluding tert-OH is 1. The second kappa shape index (κ2) is 7.87. The van der Waals surface area contributed by atoms with Crippen LogP contribution in [0.15, 0.2) is 54.6 Å². The standard InChI is InChI=1S/C20H26N2O3/c21-17-7-4-8-19(13-17)25-15-18(23)14-22-11-9-20(24,10-12-22)16-5-2-1-3-6-16/h1-8,13,18,23-24H,9-12,14-15,21H2. The number of hydrogen-bond donors (Lipinski definition) is 3. The predicted octanol–water partition coefficient (Wildman–Crippen LogP) is 1.99. The SMILES string of the molecule is Nc1cccc(OCC(O)CN2CCC(O)(c3ccccc3)CC2)c1. The zero-order valence-electron chi connectivity index (χ0n) is 14.3. The van der Waals surface area contributed by atoms with Crippen molar-refractivity contribution < 1.29 is 14.9 Å². The Balaban J connectivity index is 1.45. The van der Waals surface area contributed by atoms with Crippen LogP contribution in [0.5, 0.6) is 5.75 Å². The molecule has 0 aliphatic carbocycles. The van der Waals surface area contributed by atoms with Gasteiger partial charge in [-0.25, -0.2) is 0 Å². The molecule has 0 aromatic heterocycles. The Hall–Kier alpha value is -2.08. The number of ether oxygens (including phenoxy) is 1. The Morgan fingerprint density at radius 1 is 1.08 bits per heavy atom. The minimum Gasteiger partial charge on any atom is -0.491 e. The third-order valence-electron chi connectivity index (χ3n) is 4.76. The van der Waals surface area contributed by atoms with Gasteiger partial charge in [0, 0.05) is 31.4 Å². The lowest BCUT2D eigenvalue weighted by molar-refractivity contribution is -0.0372. The molecule has 0 saturated carbocycles. The van der Waals surface area contributed by atoms with Gasteiger partial charge in [0.2, 0.25) is 0 Å². The summed E-state index contributed by atoms with van der Waals surface area (Å²) < 4.78 is 5.59. The number of nitrogen functional groups attached to an aromatic ring is 1. The molecule has 2 aromatic rings. The van der Waals surface area contributed by atoms with Crippen molar-refractivity contribution in [3.05, 3.63) is 60.2 Å². The van der Waals surface area contributed by atoms with Crippen molar-refractivity contribution in [3.63, 3.8) is 0 Å². The Morgan fingerprint density at radius 3 is 2.48 bits per heavy atom. The first-order valence-electron chi connectivity index (χ1n) is 8.72. The summed E-state index contributed by atoms with van der Waals surface area (Å²) in [6.45, 7) is 2.26. The molecule has 0 bridgehead atoms. The van der Waals surface area contributed by atoms with Crippen LogP contribution in [0.2, 0.25) is 0 Å². The van der Waals surface area contributed by atoms with Gasteiger partial charge < -0.3 is 25.6 Å². The summed E-state index contributed by atoms with van der Waals surface area (Å²) >= 11 is 0. The average molecular weight is 342 g/mol. The number of likely N-dealkylation sites (tertiary alicyclic amines) is 1. The molecule has 1 fully saturated rings. The number of anilines is 1. The maximum atomic E-state index is 10.8. The minimum atomic E-state index is -0.763. The maximum absolute atomic E-state index is 10.8. The van der Waals surface area contributed by atoms with Gasteiger partial charge in [0.15, 0.2) is 0 Å². The number of β-amino-alcohol motifs (C(OH)–C–C–N with tert-alkyl or cyclic N) is 1. The van der Waals surface area contributed by atoms with E-state index in [-0.39, 0.29) is 6.61 Å². The van der Waals surface area contributed by atoms with Crippen molar-refractivity contribution in [2.45, 2.75) is 24.5 Å². The first kappa shape index (κ1) is 17.7. The third-order valence-corrected chi connectivity index (χ3v) is 4.76. The van der Waals surface area contributed by atoms with E-state index in [9.17, 15) is 10.2 Å². The highest BCUT2D eigenvalue weighted by atomic mass is 16.5. The molecule has 25 heavy (non-hydrogen) atoms. The van der Waals surface area contributed by atoms with Crippen molar-refractivity contribution in [3.8, 4) is 5.75 Å². The Morgan fingerprint density at radius 2 is 1.80 bits per heavy atom. The molecule has 1 saturated heterocycles. The van der Waals surface area contributed by atoms with Crippen LogP contribution in [0, 0.1) is 0 Å². The van der Waals surface area contributed by atoms with E-state index in [0.717, 1.165) is 18.7 Å². The number of aliphatic hydroxyl groups is 2. The number of hydrogen-bond acceptors (Lipinski definition) is 5. The summed E-state index contributed by atoms with van der Waals surface area (Å²) in [5.74, 6) is 0.663. The monoisotopic (exact) mass is 342 g/mol. The normalized spacial score (nSPS) is 18.6. The first-order valence-corrected chi connectivity index (χ1v) is 8.72. The molecule has 0 amide bonds. The average Bonchev–Trinajstić information content (AvgIpc) is 2.63. The fraction of sp³-hybridized carbons (Fsp3) is 0.400. The van der Waals surface area contributed by atoms with Gasteiger partial charge in [0.1, 0.15) is 18.5 Å². The van der Waals surface area contributed by atoms with Crippen LogP contribution in [0.25, 0.3) is 0 Å². The van der Waals surface area contributed by atoms with Crippen LogP contribution in [-0.2, 0) is 5.60 Å². The van der Waals surface area contributed by atoms with Gasteiger partial charge in [-0.15, -0.1) is 0 Å². The fourth-order valence-electron chi connectivity index (χ4n) is 3.29. The lowest BCUT2D eigenvalue weighted by atomic mass is 9.84. The first-order chi connectivity index (χ1) is 12.0. The van der Waals surface area contributed by atoms with Crippen LogP contribution in [0.1, 0.15) is 18.4 Å². The number of nitrogens with two attached hydrogens (primary N) is 1. The number of benzene rings is 2. The summed E-state index contributed by atoms with van der Waals surface area (Å²) in [5.41, 5.74) is 6.56. The third kappa shape index (κ3) is 4.72. The predicted molar refractivity (Wildman–Crippen MR) is 98.4 cm³/mol. The second-order valence-corrected chi connectivity index (χ2v) is 6.74. The van der Waals surface area contributed by atoms with E-state index in [1.54, 1.807) is 12.1 Å². The van der Waals surface area contributed by atoms with Gasteiger partial charge in [-0.05, 0) is 30.5 Å². The molecular formula is C20H26N2O3. The van der Waals surface area contributed by atoms with Crippen molar-refractivity contribution >= 4 is 5.69 Å². The van der Waals surface area contributed by atoms with E-state index in [2.05, 4.69) is 4.90 Å². The van der Waals surface area contributed by atoms with E-state index in [1.807, 2.05) is 42.5 Å². The molecule has 134 valence electrons. The molecule has 1 aliphatic rings. The zero-order chi connectivity index (χ0) is 17.7. The molecule has 3 rings (SSSR count). The van der Waals surface area contributed by atoms with Crippen LogP contribution >= 0.6 is 0 Å². The highest BCUT2D eigenvalue weighted by molar-refractivity contribution is 5.43. The van der Waals surface area contributed by atoms with E-state index in [1.165, 1.54) is 0 Å². The van der Waals surface area contributed by atoms with Crippen molar-refractivity contribution in [1.29, 1.82) is 0 Å². The van der Waals surface area contributed by atoms with Gasteiger partial charge in [0.25, 0.3) is 0 Å². The number of piperidine rings is 1. The van der Waals surface area contributed by atoms with Gasteiger partial charge in [-0.1, -0.05) is 36.4 Å². The summed E-state index contributed by atoms with van der Waals surface area (Å²) in [6, 6.07) is 17.0. The number of nitrogens with zero attached hydrogens (tertiary/aromatic N) is 1. The largest absolute Gasteiger partial charge is 0.491 e. The summed E-state index contributed by atoms with van der Waals surface area (Å²) in [5, 5.41) is 21.1. The summed E-state index contributed by atoms with van der Waals surface area (Å²) in [7, 11) is 0. The lowest BCUT2D eigenvalue weighted by Gasteiger charge is -2.39. The second-order valence-electron chi connectivity index (χ2n) is 6.74. The van der Waals surface area contributed by atoms with Crippen molar-refractivity contribution in [1.82, 2.24) is 4.90 Å². The molecule has 2 aromatic carbocycles. The topological polar surface area (TPSA) is 79.0 Å². The molecule has 0 spiro atoms. The lowest BCUT2D eigenvalue weighted by Crippen LogP contribution is -2.46. The molecule has 1 aliphatic heterocycles. The van der Waals surface area contributed by atoms with Crippen molar-refractivity contribution in [2.75, 3.05) is 32.0 Å². The molecular weight excluding hydrogens is 316 g/mol. The van der Waals surface area contributed by atoms with Gasteiger partial charge in [-0.3, -0.25) is 0 Å². The van der Waals surface area contributed by atoms with E-state index in [4.69, 9.17) is 10.5 Å². The van der Waals surface area contributed by atoms with Crippen LogP contribution < -0.4 is 10.5 Å². The number of rotatable bonds is 6. The van der Waals surface area contributed by atoms with Crippen LogP contribution in [0.3, 0.4) is 0 Å². The van der Waals surface area contributed by atoms with E-state index < -0.39 is 11.7 Å². The zero-order valence-corrected chi connectivity index (χ0v) is 14.3. The molecule has 1 heterocycles. The Labute approximate surface area is 148 Å². The van der Waals surface area contributed by atoms with E-state index >= 15 is 0 Å². The molecule has 5 heteroatoms. The maximum Gasteiger partial charge on any atom is 0.121 e. The van der Waals surface area contributed by atoms with Crippen LogP contribution in [0.4, 0.5) is 5.69 Å². The summed E-state index contributed by atoms with van der Waals surface area (Å²) in [6.07, 6.45) is 0.754. The van der Waals surface area contributed by atoms with Crippen molar-refractivity contribution in [2.24, 2.45) is 0 Å². The molecule has 0 radical (unpaired) electrons. The quantitative estimate of drug-likeness (QED) is 0.700. The molecule has 1 unspecified atom stereocenters. The summed E-state index contributed by atoms with van der Waals surface area (Å²) in [4.78, 5) is 2.17. The molecule has 5 nitrogen and oxygen atoms in total. The highest BCUT2D eigenvalue weighted by Crippen LogP contribution is 2.32. The van der Waals surface area contributed by atoms with Crippen LogP contribution in [-0.4, -0.2) is 47.5 Å². The Kier molecular flexibility index (Phi) is 5.58. The Bertz CT molecular complexity index is 670. The van der Waals surface area contributed by atoms with Gasteiger partial charge in [-0.2, -0.15) is 0 Å². The van der Waals surface area contributed by atoms with E-state index in [0.29, 0.717) is 30.8 Å².